The molecule has 1 aliphatic heterocycles. The summed E-state index contributed by atoms with van der Waals surface area (Å²) in [5.41, 5.74) is 0.488. The van der Waals surface area contributed by atoms with Gasteiger partial charge in [-0.15, -0.1) is 0 Å². The van der Waals surface area contributed by atoms with Crippen LogP contribution in [0.15, 0.2) is 28.7 Å². The molecule has 0 N–H and O–H groups in total. The van der Waals surface area contributed by atoms with Gasteiger partial charge in [-0.2, -0.15) is 5.26 Å². The van der Waals surface area contributed by atoms with Crippen molar-refractivity contribution in [3.05, 3.63) is 34.3 Å². The van der Waals surface area contributed by atoms with Crippen LogP contribution in [-0.2, 0) is 4.74 Å². The third-order valence-corrected chi connectivity index (χ3v) is 4.17. The topological polar surface area (TPSA) is 56.6 Å². The number of carbonyl (C=O) groups excluding carboxylic acids is 1. The van der Waals surface area contributed by atoms with E-state index in [1.165, 1.54) is 0 Å². The Labute approximate surface area is 145 Å². The number of halogens is 1. The summed E-state index contributed by atoms with van der Waals surface area (Å²) >= 11 is 3.41. The van der Waals surface area contributed by atoms with Gasteiger partial charge in [0.25, 0.3) is 0 Å². The summed E-state index contributed by atoms with van der Waals surface area (Å²) in [6, 6.07) is 9.87. The SMILES string of the molecule is CC(C)(C)OC(=O)N1CCN(C(C#N)c2ccc(Br)cc2)CC1. The van der Waals surface area contributed by atoms with Crippen LogP contribution >= 0.6 is 15.9 Å². The van der Waals surface area contributed by atoms with Gasteiger partial charge in [-0.25, -0.2) is 4.79 Å². The Morgan fingerprint density at radius 2 is 1.78 bits per heavy atom. The zero-order chi connectivity index (χ0) is 17.0. The van der Waals surface area contributed by atoms with Gasteiger partial charge in [-0.3, -0.25) is 4.90 Å². The molecule has 0 aliphatic carbocycles. The molecule has 124 valence electrons. The van der Waals surface area contributed by atoms with Crippen molar-refractivity contribution in [1.29, 1.82) is 5.26 Å². The smallest absolute Gasteiger partial charge is 0.410 e. The van der Waals surface area contributed by atoms with E-state index in [1.54, 1.807) is 4.90 Å². The van der Waals surface area contributed by atoms with Crippen molar-refractivity contribution >= 4 is 22.0 Å². The average Bonchev–Trinajstić information content (AvgIpc) is 2.49. The lowest BCUT2D eigenvalue weighted by molar-refractivity contribution is 0.0125. The fourth-order valence-corrected chi connectivity index (χ4v) is 2.77. The van der Waals surface area contributed by atoms with Crippen LogP contribution in [0.3, 0.4) is 0 Å². The molecule has 2 rings (SSSR count). The molecule has 0 saturated carbocycles. The molecule has 0 aromatic heterocycles. The van der Waals surface area contributed by atoms with Crippen LogP contribution in [0.4, 0.5) is 4.79 Å². The number of hydrogen-bond donors (Lipinski definition) is 0. The highest BCUT2D eigenvalue weighted by atomic mass is 79.9. The maximum Gasteiger partial charge on any atom is 0.410 e. The number of ether oxygens (including phenoxy) is 1. The van der Waals surface area contributed by atoms with Gasteiger partial charge < -0.3 is 9.64 Å². The average molecular weight is 380 g/mol. The molecular formula is C17H22BrN3O2. The second-order valence-electron chi connectivity index (χ2n) is 6.59. The summed E-state index contributed by atoms with van der Waals surface area (Å²) in [4.78, 5) is 15.9. The lowest BCUT2D eigenvalue weighted by atomic mass is 10.1. The maximum absolute atomic E-state index is 12.1. The van der Waals surface area contributed by atoms with Crippen molar-refractivity contribution < 1.29 is 9.53 Å². The van der Waals surface area contributed by atoms with Gasteiger partial charge in [-0.1, -0.05) is 28.1 Å². The van der Waals surface area contributed by atoms with E-state index in [4.69, 9.17) is 4.74 Å². The van der Waals surface area contributed by atoms with Crippen LogP contribution < -0.4 is 0 Å². The molecule has 6 heteroatoms. The molecule has 1 aromatic rings. The summed E-state index contributed by atoms with van der Waals surface area (Å²) in [5.74, 6) is 0. The molecular weight excluding hydrogens is 358 g/mol. The molecule has 1 aliphatic rings. The summed E-state index contributed by atoms with van der Waals surface area (Å²) in [5, 5.41) is 9.52. The van der Waals surface area contributed by atoms with E-state index < -0.39 is 5.60 Å². The molecule has 23 heavy (non-hydrogen) atoms. The van der Waals surface area contributed by atoms with E-state index in [0.29, 0.717) is 26.2 Å². The molecule has 1 unspecified atom stereocenters. The number of nitriles is 1. The first-order chi connectivity index (χ1) is 10.8. The van der Waals surface area contributed by atoms with Crippen molar-refractivity contribution in [3.8, 4) is 6.07 Å². The van der Waals surface area contributed by atoms with E-state index in [9.17, 15) is 10.1 Å². The molecule has 1 atom stereocenters. The number of piperazine rings is 1. The Kier molecular flexibility index (Phi) is 5.66. The third kappa shape index (κ3) is 4.95. The van der Waals surface area contributed by atoms with Crippen LogP contribution in [0.2, 0.25) is 0 Å². The molecule has 0 spiro atoms. The molecule has 0 bridgehead atoms. The van der Waals surface area contributed by atoms with Crippen molar-refractivity contribution in [2.24, 2.45) is 0 Å². The Balaban J connectivity index is 1.96. The van der Waals surface area contributed by atoms with E-state index in [0.717, 1.165) is 10.0 Å². The Morgan fingerprint density at radius 3 is 2.26 bits per heavy atom. The fraction of sp³-hybridized carbons (Fsp3) is 0.529. The Bertz CT molecular complexity index is 581. The second-order valence-corrected chi connectivity index (χ2v) is 7.50. The van der Waals surface area contributed by atoms with Gasteiger partial charge in [0.2, 0.25) is 0 Å². The van der Waals surface area contributed by atoms with Crippen LogP contribution in [0.5, 0.6) is 0 Å². The predicted molar refractivity (Wildman–Crippen MR) is 91.9 cm³/mol. The zero-order valence-electron chi connectivity index (χ0n) is 13.8. The van der Waals surface area contributed by atoms with Gasteiger partial charge in [0.05, 0.1) is 6.07 Å². The Hall–Kier alpha value is -1.58. The van der Waals surface area contributed by atoms with Gasteiger partial charge in [0, 0.05) is 30.7 Å². The first-order valence-corrected chi connectivity index (χ1v) is 8.46. The quantitative estimate of drug-likeness (QED) is 0.787. The minimum Gasteiger partial charge on any atom is -0.444 e. The highest BCUT2D eigenvalue weighted by Gasteiger charge is 2.29. The van der Waals surface area contributed by atoms with E-state index >= 15 is 0 Å². The lowest BCUT2D eigenvalue weighted by Gasteiger charge is -2.37. The maximum atomic E-state index is 12.1. The lowest BCUT2D eigenvalue weighted by Crippen LogP contribution is -2.50. The number of amides is 1. The highest BCUT2D eigenvalue weighted by Crippen LogP contribution is 2.23. The number of nitrogens with zero attached hydrogens (tertiary/aromatic N) is 3. The van der Waals surface area contributed by atoms with E-state index in [1.807, 2.05) is 45.0 Å². The van der Waals surface area contributed by atoms with Crippen LogP contribution in [0, 0.1) is 11.3 Å². The minimum absolute atomic E-state index is 0.283. The number of carbonyl (C=O) groups is 1. The largest absolute Gasteiger partial charge is 0.444 e. The molecule has 0 radical (unpaired) electrons. The summed E-state index contributed by atoms with van der Waals surface area (Å²) in [6.07, 6.45) is -0.283. The third-order valence-electron chi connectivity index (χ3n) is 3.64. The van der Waals surface area contributed by atoms with Crippen molar-refractivity contribution in [3.63, 3.8) is 0 Å². The molecule has 1 aromatic carbocycles. The fourth-order valence-electron chi connectivity index (χ4n) is 2.50. The van der Waals surface area contributed by atoms with Gasteiger partial charge in [0.15, 0.2) is 0 Å². The first kappa shape index (κ1) is 17.8. The normalized spacial score (nSPS) is 17.4. The summed E-state index contributed by atoms with van der Waals surface area (Å²) in [7, 11) is 0. The minimum atomic E-state index is -0.485. The standard InChI is InChI=1S/C17H22BrN3O2/c1-17(2,3)23-16(22)21-10-8-20(9-11-21)15(12-19)13-4-6-14(18)7-5-13/h4-7,15H,8-11H2,1-3H3. The van der Waals surface area contributed by atoms with Crippen LogP contribution in [-0.4, -0.2) is 47.7 Å². The zero-order valence-corrected chi connectivity index (χ0v) is 15.3. The van der Waals surface area contributed by atoms with Crippen molar-refractivity contribution in [2.75, 3.05) is 26.2 Å². The molecule has 5 nitrogen and oxygen atoms in total. The Morgan fingerprint density at radius 1 is 1.22 bits per heavy atom. The summed E-state index contributed by atoms with van der Waals surface area (Å²) in [6.45, 7) is 8.05. The van der Waals surface area contributed by atoms with Crippen LogP contribution in [0.1, 0.15) is 32.4 Å². The molecule has 1 saturated heterocycles. The van der Waals surface area contributed by atoms with Gasteiger partial charge >= 0.3 is 6.09 Å². The van der Waals surface area contributed by atoms with E-state index in [-0.39, 0.29) is 12.1 Å². The summed E-state index contributed by atoms with van der Waals surface area (Å²) < 4.78 is 6.39. The number of rotatable bonds is 2. The van der Waals surface area contributed by atoms with Crippen LogP contribution in [0.25, 0.3) is 0 Å². The van der Waals surface area contributed by atoms with Crippen molar-refractivity contribution in [1.82, 2.24) is 9.80 Å². The molecule has 1 amide bonds. The van der Waals surface area contributed by atoms with E-state index in [2.05, 4.69) is 26.9 Å². The van der Waals surface area contributed by atoms with Gasteiger partial charge in [0.1, 0.15) is 11.6 Å². The highest BCUT2D eigenvalue weighted by molar-refractivity contribution is 9.10. The first-order valence-electron chi connectivity index (χ1n) is 7.67. The predicted octanol–water partition coefficient (Wildman–Crippen LogP) is 3.57. The van der Waals surface area contributed by atoms with Crippen molar-refractivity contribution in [2.45, 2.75) is 32.4 Å². The molecule has 1 heterocycles. The molecule has 1 fully saturated rings. The number of benzene rings is 1. The number of hydrogen-bond acceptors (Lipinski definition) is 4. The monoisotopic (exact) mass is 379 g/mol. The van der Waals surface area contributed by atoms with Gasteiger partial charge in [-0.05, 0) is 38.5 Å². The second kappa shape index (κ2) is 7.33.